The van der Waals surface area contributed by atoms with Crippen LogP contribution in [-0.2, 0) is 0 Å². The summed E-state index contributed by atoms with van der Waals surface area (Å²) in [6.45, 7) is 0. The first kappa shape index (κ1) is 21.6. The highest BCUT2D eigenvalue weighted by Gasteiger charge is 2.19. The first-order chi connectivity index (χ1) is 19.4. The molecule has 8 aromatic rings. The van der Waals surface area contributed by atoms with Crippen molar-refractivity contribution < 1.29 is 4.42 Å². The van der Waals surface area contributed by atoms with Crippen molar-refractivity contribution in [3.8, 4) is 34.2 Å². The Morgan fingerprint density at radius 3 is 1.72 bits per heavy atom. The molecule has 0 aliphatic heterocycles. The van der Waals surface area contributed by atoms with Crippen LogP contribution in [0.4, 0.5) is 0 Å². The van der Waals surface area contributed by atoms with Gasteiger partial charge in [0.1, 0.15) is 5.58 Å². The van der Waals surface area contributed by atoms with Crippen LogP contribution in [0.2, 0.25) is 0 Å². The van der Waals surface area contributed by atoms with Crippen molar-refractivity contribution in [1.29, 1.82) is 0 Å². The first-order valence-electron chi connectivity index (χ1n) is 12.9. The molecule has 0 saturated heterocycles. The van der Waals surface area contributed by atoms with Crippen LogP contribution in [-0.4, -0.2) is 19.3 Å². The van der Waals surface area contributed by atoms with Crippen molar-refractivity contribution in [2.75, 3.05) is 0 Å². The topological polar surface area (TPSA) is 48.8 Å². The largest absolute Gasteiger partial charge is 0.464 e. The third-order valence-electron chi connectivity index (χ3n) is 7.36. The summed E-state index contributed by atoms with van der Waals surface area (Å²) in [5.74, 6) is 1.61. The molecule has 0 bridgehead atoms. The number of aromatic nitrogens is 4. The van der Waals surface area contributed by atoms with Crippen LogP contribution in [0.15, 0.2) is 138 Å². The number of para-hydroxylation sites is 1. The standard InChI is InChI=1S/C34H22N4O/c1-3-9-23(10-4-1)33-35-36-34(24-11-5-2-6-12-24)38(33)26-17-15-25(16-18-26)37-29-14-8-7-13-27(29)32-28-21-22-39-31(28)20-19-30(32)37/h1-22H. The summed E-state index contributed by atoms with van der Waals surface area (Å²) >= 11 is 0. The molecule has 5 nitrogen and oxygen atoms in total. The average molecular weight is 503 g/mol. The molecule has 0 N–H and O–H groups in total. The molecule has 0 aliphatic carbocycles. The zero-order chi connectivity index (χ0) is 25.8. The van der Waals surface area contributed by atoms with Crippen molar-refractivity contribution >= 4 is 32.8 Å². The number of hydrogen-bond donors (Lipinski definition) is 0. The molecule has 0 spiro atoms. The predicted octanol–water partition coefficient (Wildman–Crippen LogP) is 8.44. The normalized spacial score (nSPS) is 11.6. The average Bonchev–Trinajstić information content (AvgIpc) is 3.74. The van der Waals surface area contributed by atoms with Gasteiger partial charge in [0.2, 0.25) is 0 Å². The van der Waals surface area contributed by atoms with Gasteiger partial charge in [0.05, 0.1) is 17.3 Å². The fraction of sp³-hybridized carbons (Fsp3) is 0. The highest BCUT2D eigenvalue weighted by atomic mass is 16.3. The summed E-state index contributed by atoms with van der Waals surface area (Å²) in [5, 5.41) is 12.8. The van der Waals surface area contributed by atoms with E-state index in [4.69, 9.17) is 4.42 Å². The molecule has 0 radical (unpaired) electrons. The number of hydrogen-bond acceptors (Lipinski definition) is 3. The minimum absolute atomic E-state index is 0.807. The van der Waals surface area contributed by atoms with E-state index >= 15 is 0 Å². The Kier molecular flexibility index (Phi) is 4.76. The summed E-state index contributed by atoms with van der Waals surface area (Å²) in [6, 6.07) is 43.8. The number of fused-ring (bicyclic) bond motifs is 5. The van der Waals surface area contributed by atoms with Crippen molar-refractivity contribution in [3.63, 3.8) is 0 Å². The van der Waals surface area contributed by atoms with E-state index in [1.54, 1.807) is 6.26 Å². The van der Waals surface area contributed by atoms with Gasteiger partial charge in [-0.05, 0) is 48.5 Å². The fourth-order valence-electron chi connectivity index (χ4n) is 5.62. The quantitative estimate of drug-likeness (QED) is 0.243. The van der Waals surface area contributed by atoms with E-state index in [-0.39, 0.29) is 0 Å². The lowest BCUT2D eigenvalue weighted by Crippen LogP contribution is -2.01. The Labute approximate surface area is 224 Å². The monoisotopic (exact) mass is 502 g/mol. The molecule has 8 rings (SSSR count). The number of benzene rings is 5. The van der Waals surface area contributed by atoms with E-state index in [2.05, 4.69) is 110 Å². The summed E-state index contributed by atoms with van der Waals surface area (Å²) in [5.41, 5.74) is 7.33. The molecule has 184 valence electrons. The van der Waals surface area contributed by atoms with Crippen LogP contribution in [0, 0.1) is 0 Å². The van der Waals surface area contributed by atoms with Gasteiger partial charge in [-0.15, -0.1) is 10.2 Å². The van der Waals surface area contributed by atoms with Gasteiger partial charge in [0, 0.05) is 38.7 Å². The van der Waals surface area contributed by atoms with Gasteiger partial charge in [-0.2, -0.15) is 0 Å². The minimum Gasteiger partial charge on any atom is -0.464 e. The molecule has 0 fully saturated rings. The number of rotatable bonds is 4. The Morgan fingerprint density at radius 2 is 1.05 bits per heavy atom. The number of furan rings is 1. The molecule has 3 heterocycles. The smallest absolute Gasteiger partial charge is 0.168 e. The van der Waals surface area contributed by atoms with Crippen molar-refractivity contribution in [1.82, 2.24) is 19.3 Å². The van der Waals surface area contributed by atoms with Crippen LogP contribution in [0.3, 0.4) is 0 Å². The molecule has 0 saturated carbocycles. The molecule has 0 amide bonds. The van der Waals surface area contributed by atoms with Gasteiger partial charge in [-0.1, -0.05) is 78.9 Å². The summed E-state index contributed by atoms with van der Waals surface area (Å²) in [4.78, 5) is 0. The van der Waals surface area contributed by atoms with Crippen molar-refractivity contribution in [2.45, 2.75) is 0 Å². The second kappa shape index (κ2) is 8.57. The lowest BCUT2D eigenvalue weighted by atomic mass is 10.1. The first-order valence-corrected chi connectivity index (χ1v) is 12.9. The summed E-state index contributed by atoms with van der Waals surface area (Å²) < 4.78 is 10.2. The Hall–Kier alpha value is -5.42. The highest BCUT2D eigenvalue weighted by molar-refractivity contribution is 6.20. The van der Waals surface area contributed by atoms with Gasteiger partial charge < -0.3 is 8.98 Å². The van der Waals surface area contributed by atoms with E-state index in [0.717, 1.165) is 56.2 Å². The van der Waals surface area contributed by atoms with Crippen LogP contribution in [0.1, 0.15) is 0 Å². The van der Waals surface area contributed by atoms with Crippen LogP contribution < -0.4 is 0 Å². The zero-order valence-electron chi connectivity index (χ0n) is 20.9. The molecule has 3 aromatic heterocycles. The van der Waals surface area contributed by atoms with E-state index in [1.807, 2.05) is 36.4 Å². The summed E-state index contributed by atoms with van der Waals surface area (Å²) in [7, 11) is 0. The van der Waals surface area contributed by atoms with E-state index in [1.165, 1.54) is 10.8 Å². The SMILES string of the molecule is c1ccc(-c2nnc(-c3ccccc3)n2-c2ccc(-n3c4ccccc4c4c5ccoc5ccc43)cc2)cc1. The van der Waals surface area contributed by atoms with Gasteiger partial charge in [-0.25, -0.2) is 0 Å². The predicted molar refractivity (Wildman–Crippen MR) is 156 cm³/mol. The maximum Gasteiger partial charge on any atom is 0.168 e. The molecular weight excluding hydrogens is 480 g/mol. The maximum absolute atomic E-state index is 5.72. The van der Waals surface area contributed by atoms with Crippen LogP contribution >= 0.6 is 0 Å². The molecule has 5 aromatic carbocycles. The van der Waals surface area contributed by atoms with Crippen LogP contribution in [0.25, 0.3) is 66.9 Å². The maximum atomic E-state index is 5.72. The van der Waals surface area contributed by atoms with E-state index in [9.17, 15) is 0 Å². The minimum atomic E-state index is 0.807. The molecular formula is C34H22N4O. The molecule has 39 heavy (non-hydrogen) atoms. The van der Waals surface area contributed by atoms with E-state index < -0.39 is 0 Å². The summed E-state index contributed by atoms with van der Waals surface area (Å²) in [6.07, 6.45) is 1.76. The Balaban J connectivity index is 1.33. The Bertz CT molecular complexity index is 2040. The lowest BCUT2D eigenvalue weighted by molar-refractivity contribution is 0.616. The zero-order valence-corrected chi connectivity index (χ0v) is 20.9. The molecule has 0 atom stereocenters. The molecule has 5 heteroatoms. The fourth-order valence-corrected chi connectivity index (χ4v) is 5.62. The Morgan fingerprint density at radius 1 is 0.462 bits per heavy atom. The van der Waals surface area contributed by atoms with Gasteiger partial charge in [0.25, 0.3) is 0 Å². The van der Waals surface area contributed by atoms with Crippen molar-refractivity contribution in [3.05, 3.63) is 134 Å². The third-order valence-corrected chi connectivity index (χ3v) is 7.36. The third kappa shape index (κ3) is 3.33. The second-order valence-corrected chi connectivity index (χ2v) is 9.58. The molecule has 0 aliphatic rings. The van der Waals surface area contributed by atoms with Crippen LogP contribution in [0.5, 0.6) is 0 Å². The van der Waals surface area contributed by atoms with Gasteiger partial charge >= 0.3 is 0 Å². The second-order valence-electron chi connectivity index (χ2n) is 9.58. The van der Waals surface area contributed by atoms with Gasteiger partial charge in [-0.3, -0.25) is 4.57 Å². The van der Waals surface area contributed by atoms with E-state index in [0.29, 0.717) is 0 Å². The van der Waals surface area contributed by atoms with Crippen molar-refractivity contribution in [2.24, 2.45) is 0 Å². The van der Waals surface area contributed by atoms with Gasteiger partial charge in [0.15, 0.2) is 11.6 Å². The number of nitrogens with zero attached hydrogens (tertiary/aromatic N) is 4. The lowest BCUT2D eigenvalue weighted by Gasteiger charge is -2.13. The molecule has 0 unspecified atom stereocenters. The highest BCUT2D eigenvalue weighted by Crippen LogP contribution is 2.37.